The molecule has 62 heavy (non-hydrogen) atoms. The average molecular weight is 876 g/mol. The van der Waals surface area contributed by atoms with Gasteiger partial charge in [0.2, 0.25) is 23.6 Å². The third kappa shape index (κ3) is 14.7. The molecule has 1 fully saturated rings. The molecular formula is C42H61N5O15. The number of aliphatic carboxylic acids is 1. The topological polar surface area (TPSA) is 288 Å². The van der Waals surface area contributed by atoms with Crippen LogP contribution in [0.3, 0.4) is 0 Å². The Kier molecular flexibility index (Phi) is 19.1. The van der Waals surface area contributed by atoms with Crippen molar-refractivity contribution in [3.8, 4) is 0 Å². The van der Waals surface area contributed by atoms with Crippen LogP contribution in [0, 0.1) is 11.3 Å². The number of carbonyl (C=O) groups excluding carboxylic acids is 7. The lowest BCUT2D eigenvalue weighted by molar-refractivity contribution is -0.228. The molecule has 3 rings (SSSR count). The highest BCUT2D eigenvalue weighted by atomic mass is 16.6. The summed E-state index contributed by atoms with van der Waals surface area (Å²) in [5.41, 5.74) is 0.491. The molecule has 1 saturated heterocycles. The van der Waals surface area contributed by atoms with Crippen molar-refractivity contribution in [1.82, 2.24) is 20.4 Å². The van der Waals surface area contributed by atoms with E-state index in [0.717, 1.165) is 17.1 Å². The molecule has 2 aliphatic rings. The van der Waals surface area contributed by atoms with E-state index in [-0.39, 0.29) is 44.6 Å². The first-order valence-electron chi connectivity index (χ1n) is 20.6. The van der Waals surface area contributed by atoms with Gasteiger partial charge in [-0.25, -0.2) is 4.79 Å². The second kappa shape index (κ2) is 23.2. The average Bonchev–Trinajstić information content (AvgIpc) is 3.52. The van der Waals surface area contributed by atoms with Gasteiger partial charge in [0.25, 0.3) is 11.8 Å². The Hall–Kier alpha value is -5.28. The van der Waals surface area contributed by atoms with Crippen molar-refractivity contribution < 1.29 is 73.0 Å². The molecule has 2 aliphatic heterocycles. The zero-order valence-electron chi connectivity index (χ0n) is 36.3. The van der Waals surface area contributed by atoms with Gasteiger partial charge in [-0.1, -0.05) is 19.9 Å². The van der Waals surface area contributed by atoms with Gasteiger partial charge in [0.15, 0.2) is 6.10 Å². The Morgan fingerprint density at radius 2 is 1.56 bits per heavy atom. The van der Waals surface area contributed by atoms with Gasteiger partial charge in [-0.15, -0.1) is 0 Å². The van der Waals surface area contributed by atoms with Crippen molar-refractivity contribution in [2.75, 3.05) is 38.2 Å². The Balaban J connectivity index is 1.68. The number of carbonyl (C=O) groups is 8. The van der Waals surface area contributed by atoms with Crippen molar-refractivity contribution in [3.63, 3.8) is 0 Å². The maximum atomic E-state index is 13.5. The molecule has 0 bridgehead atoms. The Morgan fingerprint density at radius 1 is 0.903 bits per heavy atom. The number of anilines is 1. The van der Waals surface area contributed by atoms with E-state index in [2.05, 4.69) is 16.0 Å². The Morgan fingerprint density at radius 3 is 2.16 bits per heavy atom. The molecule has 7 N–H and O–H groups in total. The van der Waals surface area contributed by atoms with Crippen LogP contribution < -0.4 is 16.0 Å². The van der Waals surface area contributed by atoms with Crippen molar-refractivity contribution in [2.45, 2.75) is 123 Å². The van der Waals surface area contributed by atoms with Crippen molar-refractivity contribution in [3.05, 3.63) is 41.5 Å². The first kappa shape index (κ1) is 51.1. The summed E-state index contributed by atoms with van der Waals surface area (Å²) >= 11 is 0. The summed E-state index contributed by atoms with van der Waals surface area (Å²) in [5, 5.41) is 48.4. The van der Waals surface area contributed by atoms with E-state index in [4.69, 9.17) is 14.2 Å². The van der Waals surface area contributed by atoms with Crippen molar-refractivity contribution in [1.29, 1.82) is 0 Å². The van der Waals surface area contributed by atoms with E-state index < -0.39 is 108 Å². The van der Waals surface area contributed by atoms with E-state index in [1.807, 2.05) is 6.92 Å². The molecule has 20 heteroatoms. The fourth-order valence-corrected chi connectivity index (χ4v) is 6.45. The smallest absolute Gasteiger partial charge is 0.335 e. The SMILES string of the molecule is CCOCCCN(CCC(=O)N[C@H](C(=O)N[C@@H](C)C(=O)Nc1ccc(COC(=O)C(C)(C)C)c(CC[C@@H]2O[C@H](C(=O)O)[C@@H](O)[C@H](O)[C@H]2O)c1)C(C)C)C(=O)CN1C(=O)C=CC1=O. The highest BCUT2D eigenvalue weighted by molar-refractivity contribution is 6.14. The van der Waals surface area contributed by atoms with Crippen LogP contribution in [0.1, 0.15) is 78.9 Å². The quantitative estimate of drug-likeness (QED) is 0.0451. The predicted molar refractivity (Wildman–Crippen MR) is 220 cm³/mol. The molecule has 0 saturated carbocycles. The van der Waals surface area contributed by atoms with Gasteiger partial charge >= 0.3 is 11.9 Å². The highest BCUT2D eigenvalue weighted by Gasteiger charge is 2.46. The minimum Gasteiger partial charge on any atom is -0.479 e. The molecule has 0 unspecified atom stereocenters. The zero-order chi connectivity index (χ0) is 46.5. The normalized spacial score (nSPS) is 21.0. The molecule has 1 aromatic rings. The summed E-state index contributed by atoms with van der Waals surface area (Å²) in [6, 6.07) is 2.52. The van der Waals surface area contributed by atoms with Crippen LogP contribution in [0.2, 0.25) is 0 Å². The molecule has 0 radical (unpaired) electrons. The maximum absolute atomic E-state index is 13.5. The number of aliphatic hydroxyl groups is 3. The van der Waals surface area contributed by atoms with Gasteiger partial charge in [0.1, 0.15) is 43.5 Å². The molecule has 0 aromatic heterocycles. The van der Waals surface area contributed by atoms with E-state index in [0.29, 0.717) is 30.8 Å². The number of hydrogen-bond donors (Lipinski definition) is 7. The number of hydrogen-bond acceptors (Lipinski definition) is 14. The maximum Gasteiger partial charge on any atom is 0.335 e. The number of nitrogens with one attached hydrogen (secondary N) is 3. The largest absolute Gasteiger partial charge is 0.479 e. The molecule has 2 heterocycles. The first-order valence-corrected chi connectivity index (χ1v) is 20.6. The van der Waals surface area contributed by atoms with Gasteiger partial charge in [-0.05, 0) is 83.1 Å². The molecule has 1 aromatic carbocycles. The molecule has 0 aliphatic carbocycles. The lowest BCUT2D eigenvalue weighted by atomic mass is 9.91. The fourth-order valence-electron chi connectivity index (χ4n) is 6.45. The lowest BCUT2D eigenvalue weighted by Crippen LogP contribution is -2.59. The van der Waals surface area contributed by atoms with Crippen LogP contribution in [0.25, 0.3) is 0 Å². The number of carboxylic acid groups (broad SMARTS) is 1. The number of amides is 6. The number of imide groups is 1. The Labute approximate surface area is 360 Å². The van der Waals surface area contributed by atoms with Gasteiger partial charge in [0, 0.05) is 50.6 Å². The molecule has 0 spiro atoms. The lowest BCUT2D eigenvalue weighted by Gasteiger charge is -2.39. The van der Waals surface area contributed by atoms with Crippen LogP contribution in [0.5, 0.6) is 0 Å². The standard InChI is InChI=1S/C42H61N5O15/c1-8-60-19-9-17-46(32(51)21-47-30(49)14-15-31(47)50)18-16-29(48)45-33(23(2)3)39(56)43-24(4)38(55)44-27-12-10-26(22-61-41(59)42(5,6)7)25(20-27)11-13-28-34(52)35(53)36(54)37(62-28)40(57)58/h10,12,14-15,20,23-24,28,33-37,52-54H,8-9,11,13,16-19,21-22H2,1-7H3,(H,43,56)(H,44,55)(H,45,48)(H,57,58)/t24-,28-,33-,34-,35+,36-,37-/m0/s1. The fraction of sp³-hybridized carbons (Fsp3) is 0.619. The highest BCUT2D eigenvalue weighted by Crippen LogP contribution is 2.27. The number of carboxylic acids is 1. The minimum atomic E-state index is -1.86. The van der Waals surface area contributed by atoms with Crippen LogP contribution in [0.15, 0.2) is 30.4 Å². The van der Waals surface area contributed by atoms with E-state index in [1.54, 1.807) is 52.8 Å². The van der Waals surface area contributed by atoms with Crippen molar-refractivity contribution >= 4 is 53.1 Å². The molecular weight excluding hydrogens is 814 g/mol. The minimum absolute atomic E-state index is 0.0400. The van der Waals surface area contributed by atoms with Crippen LogP contribution >= 0.6 is 0 Å². The third-order valence-corrected chi connectivity index (χ3v) is 10.2. The summed E-state index contributed by atoms with van der Waals surface area (Å²) in [7, 11) is 0. The number of benzene rings is 1. The molecule has 20 nitrogen and oxygen atoms in total. The summed E-state index contributed by atoms with van der Waals surface area (Å²) in [6.07, 6.45) is -5.86. The zero-order valence-corrected chi connectivity index (χ0v) is 36.3. The van der Waals surface area contributed by atoms with Gasteiger partial charge in [-0.3, -0.25) is 38.5 Å². The predicted octanol–water partition coefficient (Wildman–Crippen LogP) is -0.202. The summed E-state index contributed by atoms with van der Waals surface area (Å²) < 4.78 is 16.3. The van der Waals surface area contributed by atoms with E-state index >= 15 is 0 Å². The second-order valence-corrected chi connectivity index (χ2v) is 16.5. The number of aliphatic hydroxyl groups excluding tert-OH is 3. The second-order valence-electron chi connectivity index (χ2n) is 16.5. The first-order chi connectivity index (χ1) is 29.0. The number of aryl methyl sites for hydroxylation is 1. The molecule has 7 atom stereocenters. The van der Waals surface area contributed by atoms with Crippen LogP contribution in [-0.4, -0.2) is 153 Å². The van der Waals surface area contributed by atoms with E-state index in [9.17, 15) is 58.8 Å². The molecule has 6 amide bonds. The van der Waals surface area contributed by atoms with Gasteiger partial charge < -0.3 is 55.5 Å². The van der Waals surface area contributed by atoms with Crippen molar-refractivity contribution in [2.24, 2.45) is 11.3 Å². The van der Waals surface area contributed by atoms with Gasteiger partial charge in [0.05, 0.1) is 11.5 Å². The van der Waals surface area contributed by atoms with Gasteiger partial charge in [-0.2, -0.15) is 0 Å². The van der Waals surface area contributed by atoms with E-state index in [1.165, 1.54) is 11.8 Å². The third-order valence-electron chi connectivity index (χ3n) is 10.2. The number of nitrogens with zero attached hydrogens (tertiary/aromatic N) is 2. The monoisotopic (exact) mass is 875 g/mol. The Bertz CT molecular complexity index is 1810. The number of ether oxygens (including phenoxy) is 3. The number of rotatable bonds is 22. The summed E-state index contributed by atoms with van der Waals surface area (Å²) in [5.74, 6) is -6.08. The molecule has 344 valence electrons. The number of esters is 1. The van der Waals surface area contributed by atoms with Crippen LogP contribution in [0.4, 0.5) is 5.69 Å². The summed E-state index contributed by atoms with van der Waals surface area (Å²) in [6.45, 7) is 12.0. The van der Waals surface area contributed by atoms with Crippen LogP contribution in [-0.2, 0) is 65.6 Å². The summed E-state index contributed by atoms with van der Waals surface area (Å²) in [4.78, 5) is 104.